The molecule has 1 atom stereocenters. The van der Waals surface area contributed by atoms with Crippen molar-refractivity contribution < 1.29 is 9.21 Å². The molecular weight excluding hydrogens is 316 g/mol. The number of pyridine rings is 1. The Morgan fingerprint density at radius 1 is 1.32 bits per heavy atom. The van der Waals surface area contributed by atoms with Gasteiger partial charge >= 0.3 is 0 Å². The molecule has 128 valence electrons. The van der Waals surface area contributed by atoms with Gasteiger partial charge in [0, 0.05) is 25.4 Å². The van der Waals surface area contributed by atoms with E-state index < -0.39 is 0 Å². The van der Waals surface area contributed by atoms with Gasteiger partial charge in [0.15, 0.2) is 5.76 Å². The van der Waals surface area contributed by atoms with Gasteiger partial charge in [0.1, 0.15) is 5.69 Å². The van der Waals surface area contributed by atoms with E-state index in [0.717, 1.165) is 36.3 Å². The van der Waals surface area contributed by atoms with Crippen LogP contribution in [0.4, 0.5) is 0 Å². The molecule has 4 heterocycles. The van der Waals surface area contributed by atoms with Gasteiger partial charge in [0.25, 0.3) is 5.91 Å². The van der Waals surface area contributed by atoms with Crippen molar-refractivity contribution in [1.29, 1.82) is 0 Å². The van der Waals surface area contributed by atoms with E-state index in [-0.39, 0.29) is 11.9 Å². The van der Waals surface area contributed by atoms with Gasteiger partial charge in [-0.1, -0.05) is 0 Å². The molecule has 1 amide bonds. The average molecular weight is 336 g/mol. The Hall–Kier alpha value is -2.89. The van der Waals surface area contributed by atoms with E-state index >= 15 is 0 Å². The van der Waals surface area contributed by atoms with E-state index in [9.17, 15) is 4.79 Å². The van der Waals surface area contributed by atoms with Gasteiger partial charge in [-0.25, -0.2) is 4.98 Å². The molecule has 0 aromatic carbocycles. The van der Waals surface area contributed by atoms with E-state index in [1.165, 1.54) is 0 Å². The smallest absolute Gasteiger partial charge is 0.256 e. The summed E-state index contributed by atoms with van der Waals surface area (Å²) in [5.74, 6) is 0.735. The number of carbonyl (C=O) groups excluding carboxylic acids is 1. The summed E-state index contributed by atoms with van der Waals surface area (Å²) in [5, 5.41) is 4.24. The van der Waals surface area contributed by atoms with Crippen LogP contribution in [0.15, 0.2) is 47.3 Å². The standard InChI is InChI=1S/C19H20N4O2/c1-13-15(7-8-16(21-13)18-6-4-10-25-18)19(24)23-9-3-5-17(23)14-11-20-22(2)12-14/h4,6-8,10-12,17H,3,5,9H2,1-2H3/t17-/m1/s1. The molecule has 0 bridgehead atoms. The van der Waals surface area contributed by atoms with Crippen molar-refractivity contribution in [2.45, 2.75) is 25.8 Å². The molecule has 1 fully saturated rings. The van der Waals surface area contributed by atoms with Crippen molar-refractivity contribution in [3.05, 3.63) is 59.7 Å². The number of hydrogen-bond acceptors (Lipinski definition) is 4. The van der Waals surface area contributed by atoms with E-state index in [2.05, 4.69) is 10.1 Å². The topological polar surface area (TPSA) is 64.2 Å². The fraction of sp³-hybridized carbons (Fsp3) is 0.316. The summed E-state index contributed by atoms with van der Waals surface area (Å²) < 4.78 is 7.16. The third-order valence-corrected chi connectivity index (χ3v) is 4.71. The van der Waals surface area contributed by atoms with Gasteiger partial charge in [-0.3, -0.25) is 9.48 Å². The Balaban J connectivity index is 1.62. The van der Waals surface area contributed by atoms with E-state index in [1.807, 2.05) is 55.5 Å². The molecule has 6 nitrogen and oxygen atoms in total. The number of aromatic nitrogens is 3. The second kappa shape index (κ2) is 6.20. The molecular formula is C19H20N4O2. The normalized spacial score (nSPS) is 17.2. The largest absolute Gasteiger partial charge is 0.463 e. The Morgan fingerprint density at radius 2 is 2.20 bits per heavy atom. The SMILES string of the molecule is Cc1nc(-c2ccco2)ccc1C(=O)N1CCC[C@@H]1c1cnn(C)c1. The average Bonchev–Trinajstić information content (AvgIpc) is 3.35. The first-order valence-corrected chi connectivity index (χ1v) is 8.44. The molecule has 0 spiro atoms. The van der Waals surface area contributed by atoms with Crippen LogP contribution >= 0.6 is 0 Å². The van der Waals surface area contributed by atoms with Crippen LogP contribution < -0.4 is 0 Å². The van der Waals surface area contributed by atoms with Crippen LogP contribution in [0, 0.1) is 6.92 Å². The Labute approximate surface area is 146 Å². The summed E-state index contributed by atoms with van der Waals surface area (Å²) >= 11 is 0. The van der Waals surface area contributed by atoms with Crippen LogP contribution in [0.25, 0.3) is 11.5 Å². The first-order chi connectivity index (χ1) is 12.1. The lowest BCUT2D eigenvalue weighted by atomic mass is 10.1. The van der Waals surface area contributed by atoms with Gasteiger partial charge in [0.2, 0.25) is 0 Å². The quantitative estimate of drug-likeness (QED) is 0.736. The first-order valence-electron chi connectivity index (χ1n) is 8.44. The van der Waals surface area contributed by atoms with E-state index in [4.69, 9.17) is 4.42 Å². The van der Waals surface area contributed by atoms with Crippen molar-refractivity contribution in [3.8, 4) is 11.5 Å². The van der Waals surface area contributed by atoms with Crippen LogP contribution in [-0.4, -0.2) is 32.1 Å². The zero-order valence-corrected chi connectivity index (χ0v) is 14.3. The maximum Gasteiger partial charge on any atom is 0.256 e. The molecule has 6 heteroatoms. The summed E-state index contributed by atoms with van der Waals surface area (Å²) in [6, 6.07) is 7.47. The predicted octanol–water partition coefficient (Wildman–Crippen LogP) is 3.36. The molecule has 3 aromatic rings. The summed E-state index contributed by atoms with van der Waals surface area (Å²) in [5.41, 5.74) is 3.19. The number of rotatable bonds is 3. The van der Waals surface area contributed by atoms with Crippen LogP contribution in [0.1, 0.15) is 40.5 Å². The number of nitrogens with zero attached hydrogens (tertiary/aromatic N) is 4. The molecule has 4 rings (SSSR count). The highest BCUT2D eigenvalue weighted by Crippen LogP contribution is 2.33. The number of aryl methyl sites for hydroxylation is 2. The highest BCUT2D eigenvalue weighted by molar-refractivity contribution is 5.96. The molecule has 0 unspecified atom stereocenters. The van der Waals surface area contributed by atoms with Gasteiger partial charge < -0.3 is 9.32 Å². The van der Waals surface area contributed by atoms with E-state index in [1.54, 1.807) is 10.9 Å². The molecule has 1 aliphatic heterocycles. The first kappa shape index (κ1) is 15.6. The minimum Gasteiger partial charge on any atom is -0.463 e. The van der Waals surface area contributed by atoms with Crippen molar-refractivity contribution >= 4 is 5.91 Å². The molecule has 0 aliphatic carbocycles. The molecule has 1 aliphatic rings. The number of furan rings is 1. The van der Waals surface area contributed by atoms with Crippen molar-refractivity contribution in [2.24, 2.45) is 7.05 Å². The van der Waals surface area contributed by atoms with Gasteiger partial charge in [0.05, 0.1) is 29.8 Å². The molecule has 25 heavy (non-hydrogen) atoms. The lowest BCUT2D eigenvalue weighted by Crippen LogP contribution is -2.31. The number of amides is 1. The van der Waals surface area contributed by atoms with Gasteiger partial charge in [-0.2, -0.15) is 5.10 Å². The number of carbonyl (C=O) groups is 1. The Morgan fingerprint density at radius 3 is 2.88 bits per heavy atom. The van der Waals surface area contributed by atoms with Crippen molar-refractivity contribution in [2.75, 3.05) is 6.54 Å². The maximum absolute atomic E-state index is 13.1. The van der Waals surface area contributed by atoms with Crippen molar-refractivity contribution in [1.82, 2.24) is 19.7 Å². The second-order valence-electron chi connectivity index (χ2n) is 6.41. The van der Waals surface area contributed by atoms with Crippen LogP contribution in [0.3, 0.4) is 0 Å². The molecule has 3 aromatic heterocycles. The van der Waals surface area contributed by atoms with Gasteiger partial charge in [-0.15, -0.1) is 0 Å². The van der Waals surface area contributed by atoms with Crippen molar-refractivity contribution in [3.63, 3.8) is 0 Å². The summed E-state index contributed by atoms with van der Waals surface area (Å²) in [6.45, 7) is 2.63. The van der Waals surface area contributed by atoms with Gasteiger partial charge in [-0.05, 0) is 44.0 Å². The predicted molar refractivity (Wildman–Crippen MR) is 92.9 cm³/mol. The number of hydrogen-bond donors (Lipinski definition) is 0. The molecule has 0 saturated carbocycles. The van der Waals surface area contributed by atoms with Crippen LogP contribution in [0.5, 0.6) is 0 Å². The Kier molecular flexibility index (Phi) is 3.87. The highest BCUT2D eigenvalue weighted by atomic mass is 16.3. The summed E-state index contributed by atoms with van der Waals surface area (Å²) in [4.78, 5) is 19.6. The zero-order chi connectivity index (χ0) is 17.4. The van der Waals surface area contributed by atoms with Crippen LogP contribution in [-0.2, 0) is 7.05 Å². The monoisotopic (exact) mass is 336 g/mol. The minimum atomic E-state index is 0.0300. The fourth-order valence-electron chi connectivity index (χ4n) is 3.47. The highest BCUT2D eigenvalue weighted by Gasteiger charge is 2.32. The molecule has 0 N–H and O–H groups in total. The maximum atomic E-state index is 13.1. The zero-order valence-electron chi connectivity index (χ0n) is 14.3. The lowest BCUT2D eigenvalue weighted by molar-refractivity contribution is 0.0734. The summed E-state index contributed by atoms with van der Waals surface area (Å²) in [7, 11) is 1.89. The fourth-order valence-corrected chi connectivity index (χ4v) is 3.47. The Bertz CT molecular complexity index is 898. The third-order valence-electron chi connectivity index (χ3n) is 4.71. The molecule has 0 radical (unpaired) electrons. The van der Waals surface area contributed by atoms with Crippen LogP contribution in [0.2, 0.25) is 0 Å². The van der Waals surface area contributed by atoms with E-state index in [0.29, 0.717) is 11.3 Å². The lowest BCUT2D eigenvalue weighted by Gasteiger charge is -2.24. The number of likely N-dealkylation sites (tertiary alicyclic amines) is 1. The summed E-state index contributed by atoms with van der Waals surface area (Å²) in [6.07, 6.45) is 7.42. The minimum absolute atomic E-state index is 0.0300. The third kappa shape index (κ3) is 2.84. The molecule has 1 saturated heterocycles. The second-order valence-corrected chi connectivity index (χ2v) is 6.41.